The summed E-state index contributed by atoms with van der Waals surface area (Å²) in [4.78, 5) is 2.51. The topological polar surface area (TPSA) is 21.5 Å². The van der Waals surface area contributed by atoms with Crippen LogP contribution in [0.1, 0.15) is 19.4 Å². The standard InChI is InChI=1S/C25H27NO2/c1-16-14-23(19-6-10-21(27-4)11-7-19)25(26-17(2)18(26)3)24(15-16)20-8-12-22(28-5)13-9-20/h6-15,17-18H,1-5H3. The lowest BCUT2D eigenvalue weighted by molar-refractivity contribution is 0.415. The first kappa shape index (κ1) is 18.4. The Morgan fingerprint density at radius 3 is 1.39 bits per heavy atom. The predicted molar refractivity (Wildman–Crippen MR) is 117 cm³/mol. The van der Waals surface area contributed by atoms with Crippen molar-refractivity contribution in [3.05, 3.63) is 66.2 Å². The molecule has 1 aliphatic rings. The lowest BCUT2D eigenvalue weighted by atomic mass is 9.93. The molecule has 0 amide bonds. The molecule has 0 bridgehead atoms. The predicted octanol–water partition coefficient (Wildman–Crippen LogP) is 5.94. The lowest BCUT2D eigenvalue weighted by Gasteiger charge is -2.20. The van der Waals surface area contributed by atoms with Crippen LogP contribution in [-0.2, 0) is 0 Å². The zero-order chi connectivity index (χ0) is 19.8. The minimum Gasteiger partial charge on any atom is -0.497 e. The Morgan fingerprint density at radius 1 is 0.679 bits per heavy atom. The maximum atomic E-state index is 5.35. The normalized spacial score (nSPS) is 18.1. The van der Waals surface area contributed by atoms with E-state index in [0.29, 0.717) is 12.1 Å². The van der Waals surface area contributed by atoms with Crippen LogP contribution in [0, 0.1) is 6.92 Å². The molecule has 1 aliphatic heterocycles. The van der Waals surface area contributed by atoms with Gasteiger partial charge >= 0.3 is 0 Å². The van der Waals surface area contributed by atoms with Gasteiger partial charge in [-0.05, 0) is 73.9 Å². The molecule has 1 fully saturated rings. The van der Waals surface area contributed by atoms with E-state index in [1.807, 2.05) is 24.3 Å². The van der Waals surface area contributed by atoms with Gasteiger partial charge in [0, 0.05) is 23.2 Å². The van der Waals surface area contributed by atoms with E-state index in [0.717, 1.165) is 11.5 Å². The second-order valence-corrected chi connectivity index (χ2v) is 7.55. The third-order valence-corrected chi connectivity index (χ3v) is 5.80. The van der Waals surface area contributed by atoms with E-state index in [-0.39, 0.29) is 0 Å². The van der Waals surface area contributed by atoms with Gasteiger partial charge in [0.1, 0.15) is 11.5 Å². The van der Waals surface area contributed by atoms with Crippen LogP contribution in [0.4, 0.5) is 5.69 Å². The minimum absolute atomic E-state index is 0.539. The number of methoxy groups -OCH3 is 2. The van der Waals surface area contributed by atoms with E-state index in [1.54, 1.807) is 14.2 Å². The van der Waals surface area contributed by atoms with Crippen molar-refractivity contribution >= 4 is 5.69 Å². The molecule has 2 unspecified atom stereocenters. The highest BCUT2D eigenvalue weighted by Gasteiger charge is 2.42. The summed E-state index contributed by atoms with van der Waals surface area (Å²) in [6.45, 7) is 6.75. The van der Waals surface area contributed by atoms with E-state index < -0.39 is 0 Å². The largest absolute Gasteiger partial charge is 0.497 e. The Kier molecular flexibility index (Phi) is 4.76. The lowest BCUT2D eigenvalue weighted by Crippen LogP contribution is -2.03. The number of ether oxygens (including phenoxy) is 2. The highest BCUT2D eigenvalue weighted by atomic mass is 16.5. The molecule has 1 heterocycles. The van der Waals surface area contributed by atoms with Crippen LogP contribution in [-0.4, -0.2) is 26.3 Å². The first-order valence-electron chi connectivity index (χ1n) is 9.75. The van der Waals surface area contributed by atoms with Gasteiger partial charge in [-0.15, -0.1) is 0 Å². The smallest absolute Gasteiger partial charge is 0.118 e. The molecule has 0 aliphatic carbocycles. The van der Waals surface area contributed by atoms with Gasteiger partial charge in [-0.1, -0.05) is 24.3 Å². The summed E-state index contributed by atoms with van der Waals surface area (Å²) in [5, 5.41) is 0. The Hall–Kier alpha value is -2.94. The van der Waals surface area contributed by atoms with Gasteiger partial charge in [0.2, 0.25) is 0 Å². The van der Waals surface area contributed by atoms with Crippen molar-refractivity contribution in [1.29, 1.82) is 0 Å². The number of aryl methyl sites for hydroxylation is 1. The fraction of sp³-hybridized carbons (Fsp3) is 0.280. The van der Waals surface area contributed by atoms with Crippen LogP contribution in [0.5, 0.6) is 11.5 Å². The first-order valence-corrected chi connectivity index (χ1v) is 9.75. The molecule has 28 heavy (non-hydrogen) atoms. The molecule has 0 aromatic heterocycles. The average molecular weight is 373 g/mol. The van der Waals surface area contributed by atoms with Crippen LogP contribution in [0.25, 0.3) is 22.3 Å². The molecule has 3 heteroatoms. The fourth-order valence-electron chi connectivity index (χ4n) is 3.95. The summed E-state index contributed by atoms with van der Waals surface area (Å²) < 4.78 is 10.7. The number of benzene rings is 3. The quantitative estimate of drug-likeness (QED) is 0.516. The van der Waals surface area contributed by atoms with Crippen LogP contribution in [0.2, 0.25) is 0 Å². The molecule has 3 aromatic carbocycles. The van der Waals surface area contributed by atoms with E-state index in [1.165, 1.54) is 33.5 Å². The maximum absolute atomic E-state index is 5.35. The van der Waals surface area contributed by atoms with Gasteiger partial charge in [-0.2, -0.15) is 0 Å². The van der Waals surface area contributed by atoms with Gasteiger partial charge in [0.05, 0.1) is 19.9 Å². The van der Waals surface area contributed by atoms with Crippen molar-refractivity contribution in [1.82, 2.24) is 0 Å². The third-order valence-electron chi connectivity index (χ3n) is 5.80. The zero-order valence-electron chi connectivity index (χ0n) is 17.2. The Morgan fingerprint density at radius 2 is 1.07 bits per heavy atom. The summed E-state index contributed by atoms with van der Waals surface area (Å²) in [7, 11) is 3.41. The molecule has 0 spiro atoms. The van der Waals surface area contributed by atoms with Gasteiger partial charge in [0.15, 0.2) is 0 Å². The molecular formula is C25H27NO2. The summed E-state index contributed by atoms with van der Waals surface area (Å²) in [6.07, 6.45) is 0. The van der Waals surface area contributed by atoms with Crippen molar-refractivity contribution in [3.8, 4) is 33.8 Å². The SMILES string of the molecule is COc1ccc(-c2cc(C)cc(-c3ccc(OC)cc3)c2N2C(C)C2C)cc1. The highest BCUT2D eigenvalue weighted by molar-refractivity contribution is 5.94. The minimum atomic E-state index is 0.539. The average Bonchev–Trinajstić information content (AvgIpc) is 3.32. The number of nitrogens with zero attached hydrogens (tertiary/aromatic N) is 1. The zero-order valence-corrected chi connectivity index (χ0v) is 17.2. The second kappa shape index (κ2) is 7.23. The molecule has 2 atom stereocenters. The summed E-state index contributed by atoms with van der Waals surface area (Å²) in [5.41, 5.74) is 7.51. The van der Waals surface area contributed by atoms with Crippen LogP contribution < -0.4 is 14.4 Å². The highest BCUT2D eigenvalue weighted by Crippen LogP contribution is 2.48. The molecule has 0 radical (unpaired) electrons. The summed E-state index contributed by atoms with van der Waals surface area (Å²) in [5.74, 6) is 1.75. The van der Waals surface area contributed by atoms with Crippen LogP contribution in [0.3, 0.4) is 0 Å². The van der Waals surface area contributed by atoms with Crippen molar-refractivity contribution in [2.75, 3.05) is 19.1 Å². The van der Waals surface area contributed by atoms with Gasteiger partial charge in [-0.25, -0.2) is 0 Å². The Labute approximate surface area is 167 Å². The van der Waals surface area contributed by atoms with Crippen LogP contribution >= 0.6 is 0 Å². The number of hydrogen-bond acceptors (Lipinski definition) is 3. The molecule has 1 saturated heterocycles. The number of rotatable bonds is 5. The van der Waals surface area contributed by atoms with Gasteiger partial charge in [-0.3, -0.25) is 0 Å². The molecule has 4 rings (SSSR count). The van der Waals surface area contributed by atoms with E-state index in [9.17, 15) is 0 Å². The summed E-state index contributed by atoms with van der Waals surface area (Å²) >= 11 is 0. The monoisotopic (exact) mass is 373 g/mol. The second-order valence-electron chi connectivity index (χ2n) is 7.55. The fourth-order valence-corrected chi connectivity index (χ4v) is 3.95. The Bertz CT molecular complexity index is 900. The molecular weight excluding hydrogens is 346 g/mol. The Balaban J connectivity index is 1.91. The van der Waals surface area contributed by atoms with Gasteiger partial charge < -0.3 is 14.4 Å². The summed E-state index contributed by atoms with van der Waals surface area (Å²) in [6, 6.07) is 22.4. The van der Waals surface area contributed by atoms with Crippen molar-refractivity contribution in [3.63, 3.8) is 0 Å². The molecule has 0 saturated carbocycles. The van der Waals surface area contributed by atoms with Crippen LogP contribution in [0.15, 0.2) is 60.7 Å². The molecule has 3 nitrogen and oxygen atoms in total. The molecule has 144 valence electrons. The molecule has 3 aromatic rings. The van der Waals surface area contributed by atoms with Crippen molar-refractivity contribution in [2.45, 2.75) is 32.9 Å². The van der Waals surface area contributed by atoms with E-state index in [2.05, 4.69) is 62.1 Å². The first-order chi connectivity index (χ1) is 13.5. The van der Waals surface area contributed by atoms with E-state index in [4.69, 9.17) is 9.47 Å². The third kappa shape index (κ3) is 3.22. The van der Waals surface area contributed by atoms with E-state index >= 15 is 0 Å². The van der Waals surface area contributed by atoms with Crippen molar-refractivity contribution < 1.29 is 9.47 Å². The van der Waals surface area contributed by atoms with Gasteiger partial charge in [0.25, 0.3) is 0 Å². The number of hydrogen-bond donors (Lipinski definition) is 0. The maximum Gasteiger partial charge on any atom is 0.118 e. The molecule has 0 N–H and O–H groups in total. The van der Waals surface area contributed by atoms with Crippen molar-refractivity contribution in [2.24, 2.45) is 0 Å². The number of anilines is 1.